The van der Waals surface area contributed by atoms with E-state index in [1.165, 1.54) is 62.2 Å². The summed E-state index contributed by atoms with van der Waals surface area (Å²) >= 11 is -2.63. The molecule has 0 fully saturated rings. The van der Waals surface area contributed by atoms with Crippen LogP contribution in [0.25, 0.3) is 0 Å². The standard InChI is InChI=1S/C20H25OSi.3C4H9.Sn/c1-6-17(2)21-22(20(3,4)5,18-13-9-7-10-14-18)19-15-11-8-12-16-19;3*1-3-4-2;/h7-17H,1H2,2-5H3;3*1,3-4H2,2H3;. The van der Waals surface area contributed by atoms with E-state index in [0.717, 1.165) is 0 Å². The van der Waals surface area contributed by atoms with Gasteiger partial charge in [0.1, 0.15) is 0 Å². The molecular formula is C32H52OSiSn. The SMILES string of the molecule is C=[C](C(C)O[Si](c1ccccc1)(c1ccccc1)C(C)(C)C)[Sn]([CH2]CCC)([CH2]CCC)[CH2]CCC. The Morgan fingerprint density at radius 3 is 1.46 bits per heavy atom. The van der Waals surface area contributed by atoms with Crippen molar-refractivity contribution in [3.63, 3.8) is 0 Å². The molecule has 0 aliphatic rings. The minimum absolute atomic E-state index is 0.00131. The number of unbranched alkanes of at least 4 members (excludes halogenated alkanes) is 3. The van der Waals surface area contributed by atoms with Crippen molar-refractivity contribution in [2.75, 3.05) is 0 Å². The summed E-state index contributed by atoms with van der Waals surface area (Å²) in [5, 5.41) is 2.74. The molecule has 0 radical (unpaired) electrons. The fraction of sp³-hybridized carbons (Fsp3) is 0.562. The average molecular weight is 600 g/mol. The molecule has 0 aromatic heterocycles. The van der Waals surface area contributed by atoms with E-state index in [1.54, 1.807) is 3.59 Å². The minimum atomic E-state index is -2.63. The van der Waals surface area contributed by atoms with Crippen LogP contribution in [0.1, 0.15) is 87.0 Å². The summed E-state index contributed by atoms with van der Waals surface area (Å²) in [5.41, 5.74) is 0. The van der Waals surface area contributed by atoms with E-state index in [4.69, 9.17) is 11.0 Å². The fourth-order valence-electron chi connectivity index (χ4n) is 5.86. The predicted octanol–water partition coefficient (Wildman–Crippen LogP) is 8.90. The zero-order chi connectivity index (χ0) is 26.0. The summed E-state index contributed by atoms with van der Waals surface area (Å²) in [6, 6.07) is 22.2. The van der Waals surface area contributed by atoms with Gasteiger partial charge < -0.3 is 0 Å². The van der Waals surface area contributed by atoms with Crippen LogP contribution in [0, 0.1) is 0 Å². The number of benzene rings is 2. The first-order valence-corrected chi connectivity index (χ1v) is 23.6. The third kappa shape index (κ3) is 7.35. The van der Waals surface area contributed by atoms with Crippen molar-refractivity contribution in [2.24, 2.45) is 0 Å². The van der Waals surface area contributed by atoms with Crippen LogP contribution in [0.2, 0.25) is 18.3 Å². The van der Waals surface area contributed by atoms with E-state index in [1.807, 2.05) is 0 Å². The second-order valence-corrected chi connectivity index (χ2v) is 29.2. The molecule has 1 atom stereocenters. The van der Waals surface area contributed by atoms with Crippen molar-refractivity contribution >= 4 is 37.1 Å². The molecule has 35 heavy (non-hydrogen) atoms. The van der Waals surface area contributed by atoms with E-state index in [2.05, 4.69) is 109 Å². The summed E-state index contributed by atoms with van der Waals surface area (Å²) in [4.78, 5) is 0. The molecule has 0 bridgehead atoms. The Morgan fingerprint density at radius 1 is 0.771 bits per heavy atom. The topological polar surface area (TPSA) is 9.23 Å². The quantitative estimate of drug-likeness (QED) is 0.186. The van der Waals surface area contributed by atoms with E-state index < -0.39 is 26.7 Å². The molecule has 2 aromatic carbocycles. The van der Waals surface area contributed by atoms with E-state index in [9.17, 15) is 0 Å². The molecule has 0 saturated carbocycles. The Balaban J connectivity index is 2.60. The van der Waals surface area contributed by atoms with Crippen LogP contribution in [0.4, 0.5) is 0 Å². The normalized spacial score (nSPS) is 13.6. The Hall–Kier alpha value is -0.844. The molecule has 194 valence electrons. The van der Waals surface area contributed by atoms with Gasteiger partial charge >= 0.3 is 224 Å². The molecular weight excluding hydrogens is 547 g/mol. The first kappa shape index (κ1) is 30.4. The third-order valence-corrected chi connectivity index (χ3v) is 29.4. The van der Waals surface area contributed by atoms with Crippen LogP contribution < -0.4 is 10.4 Å². The number of hydrogen-bond donors (Lipinski definition) is 0. The number of rotatable bonds is 15. The van der Waals surface area contributed by atoms with Crippen molar-refractivity contribution in [1.82, 2.24) is 0 Å². The van der Waals surface area contributed by atoms with Gasteiger partial charge in [-0.2, -0.15) is 0 Å². The van der Waals surface area contributed by atoms with E-state index in [-0.39, 0.29) is 11.1 Å². The van der Waals surface area contributed by atoms with Crippen molar-refractivity contribution in [2.45, 2.75) is 111 Å². The van der Waals surface area contributed by atoms with E-state index >= 15 is 0 Å². The van der Waals surface area contributed by atoms with E-state index in [0.29, 0.717) is 0 Å². The van der Waals surface area contributed by atoms with Crippen LogP contribution in [0.3, 0.4) is 0 Å². The molecule has 0 aliphatic carbocycles. The van der Waals surface area contributed by atoms with Crippen LogP contribution in [0.5, 0.6) is 0 Å². The maximum atomic E-state index is 7.57. The van der Waals surface area contributed by atoms with Crippen molar-refractivity contribution in [3.05, 3.63) is 70.8 Å². The van der Waals surface area contributed by atoms with Gasteiger partial charge in [-0.15, -0.1) is 0 Å². The Bertz CT molecular complexity index is 810. The first-order valence-electron chi connectivity index (χ1n) is 14.2. The van der Waals surface area contributed by atoms with Gasteiger partial charge in [0.05, 0.1) is 0 Å². The summed E-state index contributed by atoms with van der Waals surface area (Å²) < 4.78 is 13.4. The van der Waals surface area contributed by atoms with Gasteiger partial charge in [-0.25, -0.2) is 0 Å². The third-order valence-electron chi connectivity index (χ3n) is 7.97. The van der Waals surface area contributed by atoms with Gasteiger partial charge in [-0.3, -0.25) is 0 Å². The first-order chi connectivity index (χ1) is 16.7. The van der Waals surface area contributed by atoms with Crippen LogP contribution in [0.15, 0.2) is 70.8 Å². The number of hydrogen-bond acceptors (Lipinski definition) is 1. The second kappa shape index (κ2) is 14.2. The molecule has 0 spiro atoms. The summed E-state index contributed by atoms with van der Waals surface area (Å²) in [6.07, 6.45) is 8.02. The molecule has 0 heterocycles. The molecule has 1 nitrogen and oxygen atoms in total. The average Bonchev–Trinajstić information content (AvgIpc) is 2.86. The van der Waals surface area contributed by atoms with Crippen molar-refractivity contribution in [3.8, 4) is 0 Å². The zero-order valence-corrected chi connectivity index (χ0v) is 27.7. The van der Waals surface area contributed by atoms with Gasteiger partial charge in [-0.05, 0) is 0 Å². The Morgan fingerprint density at radius 2 is 1.14 bits per heavy atom. The van der Waals surface area contributed by atoms with Crippen LogP contribution >= 0.6 is 0 Å². The molecule has 2 rings (SSSR count). The Labute approximate surface area is 222 Å². The van der Waals surface area contributed by atoms with Crippen LogP contribution in [-0.2, 0) is 4.43 Å². The van der Waals surface area contributed by atoms with Crippen molar-refractivity contribution in [1.29, 1.82) is 0 Å². The molecule has 0 N–H and O–H groups in total. The molecule has 2 aromatic rings. The van der Waals surface area contributed by atoms with Gasteiger partial charge in [0.2, 0.25) is 0 Å². The zero-order valence-electron chi connectivity index (χ0n) is 23.8. The molecule has 0 amide bonds. The maximum absolute atomic E-state index is 7.57. The second-order valence-electron chi connectivity index (χ2n) is 11.5. The monoisotopic (exact) mass is 600 g/mol. The van der Waals surface area contributed by atoms with Gasteiger partial charge in [-0.1, -0.05) is 0 Å². The summed E-state index contributed by atoms with van der Waals surface area (Å²) in [7, 11) is -2.57. The molecule has 1 unspecified atom stereocenters. The summed E-state index contributed by atoms with van der Waals surface area (Å²) in [5.74, 6) is 0. The van der Waals surface area contributed by atoms with Gasteiger partial charge in [0.15, 0.2) is 0 Å². The van der Waals surface area contributed by atoms with Gasteiger partial charge in [0.25, 0.3) is 0 Å². The summed E-state index contributed by atoms with van der Waals surface area (Å²) in [6.45, 7) is 21.5. The van der Waals surface area contributed by atoms with Gasteiger partial charge in [0, 0.05) is 0 Å². The molecule has 3 heteroatoms. The fourth-order valence-corrected chi connectivity index (χ4v) is 27.2. The molecule has 0 saturated heterocycles. The Kier molecular flexibility index (Phi) is 12.3. The van der Waals surface area contributed by atoms with Crippen molar-refractivity contribution < 1.29 is 4.43 Å². The van der Waals surface area contributed by atoms with Crippen LogP contribution in [-0.4, -0.2) is 32.8 Å². The predicted molar refractivity (Wildman–Crippen MR) is 162 cm³/mol. The molecule has 0 aliphatic heterocycles.